The Morgan fingerprint density at radius 1 is 1.00 bits per heavy atom. The van der Waals surface area contributed by atoms with Gasteiger partial charge in [0.15, 0.2) is 5.78 Å². The molecular weight excluding hydrogens is 449 g/mol. The minimum atomic E-state index is -0.343. The Morgan fingerprint density at radius 2 is 1.63 bits per heavy atom. The van der Waals surface area contributed by atoms with Crippen LogP contribution in [0.15, 0.2) is 48.5 Å². The minimum Gasteiger partial charge on any atom is -0.383 e. The molecule has 1 aliphatic heterocycles. The van der Waals surface area contributed by atoms with E-state index in [1.807, 2.05) is 12.1 Å². The summed E-state index contributed by atoms with van der Waals surface area (Å²) in [6.45, 7) is 5.67. The number of hydrogen-bond acceptors (Lipinski definition) is 5. The van der Waals surface area contributed by atoms with Crippen LogP contribution < -0.4 is 5.32 Å². The number of rotatable bonds is 11. The van der Waals surface area contributed by atoms with Crippen molar-refractivity contribution in [2.24, 2.45) is 5.92 Å². The molecule has 0 atom stereocenters. The van der Waals surface area contributed by atoms with Gasteiger partial charge in [-0.2, -0.15) is 0 Å². The van der Waals surface area contributed by atoms with E-state index in [9.17, 15) is 18.8 Å². The van der Waals surface area contributed by atoms with E-state index in [1.165, 1.54) is 19.1 Å². The summed E-state index contributed by atoms with van der Waals surface area (Å²) in [6, 6.07) is 13.0. The fourth-order valence-corrected chi connectivity index (χ4v) is 4.22. The Hall–Kier alpha value is -3.10. The molecule has 8 heteroatoms. The zero-order valence-corrected chi connectivity index (χ0v) is 20.5. The SMILES string of the molecule is COCCN(CCN1CCC(C(=O)c2ccc(F)cc2)CC1)C(=O)c1ccc(CNC(C)=O)cc1. The standard InChI is InChI=1S/C27H34FN3O4/c1-20(32)29-19-21-3-5-24(6-4-21)27(34)31(17-18-35-2)16-15-30-13-11-23(12-14-30)26(33)22-7-9-25(28)10-8-22/h3-10,23H,11-19H2,1-2H3,(H,29,32). The molecule has 1 fully saturated rings. The summed E-state index contributed by atoms with van der Waals surface area (Å²) in [6.07, 6.45) is 1.50. The van der Waals surface area contributed by atoms with Gasteiger partial charge in [-0.05, 0) is 67.9 Å². The van der Waals surface area contributed by atoms with Crippen molar-refractivity contribution < 1.29 is 23.5 Å². The zero-order valence-electron chi connectivity index (χ0n) is 20.5. The first-order valence-corrected chi connectivity index (χ1v) is 12.0. The molecule has 35 heavy (non-hydrogen) atoms. The van der Waals surface area contributed by atoms with E-state index in [0.717, 1.165) is 31.5 Å². The summed E-state index contributed by atoms with van der Waals surface area (Å²) in [5.41, 5.74) is 2.08. The highest BCUT2D eigenvalue weighted by molar-refractivity contribution is 5.97. The third-order valence-electron chi connectivity index (χ3n) is 6.37. The van der Waals surface area contributed by atoms with Crippen LogP contribution in [0.2, 0.25) is 0 Å². The largest absolute Gasteiger partial charge is 0.383 e. The molecule has 0 bridgehead atoms. The van der Waals surface area contributed by atoms with Gasteiger partial charge in [0.1, 0.15) is 5.82 Å². The lowest BCUT2D eigenvalue weighted by Gasteiger charge is -2.33. The lowest BCUT2D eigenvalue weighted by atomic mass is 9.89. The predicted molar refractivity (Wildman–Crippen MR) is 132 cm³/mol. The summed E-state index contributed by atoms with van der Waals surface area (Å²) < 4.78 is 18.3. The van der Waals surface area contributed by atoms with Crippen molar-refractivity contribution in [3.8, 4) is 0 Å². The number of piperidine rings is 1. The molecule has 1 aliphatic rings. The molecule has 1 saturated heterocycles. The lowest BCUT2D eigenvalue weighted by Crippen LogP contribution is -2.43. The Balaban J connectivity index is 1.51. The van der Waals surface area contributed by atoms with Crippen LogP contribution in [-0.2, 0) is 16.1 Å². The highest BCUT2D eigenvalue weighted by atomic mass is 19.1. The zero-order chi connectivity index (χ0) is 25.2. The molecule has 0 saturated carbocycles. The fourth-order valence-electron chi connectivity index (χ4n) is 4.22. The molecule has 1 heterocycles. The maximum atomic E-state index is 13.1. The summed E-state index contributed by atoms with van der Waals surface area (Å²) in [7, 11) is 1.61. The Labute approximate surface area is 206 Å². The van der Waals surface area contributed by atoms with E-state index in [4.69, 9.17) is 4.74 Å². The van der Waals surface area contributed by atoms with E-state index in [2.05, 4.69) is 10.2 Å². The van der Waals surface area contributed by atoms with Crippen LogP contribution in [0.4, 0.5) is 4.39 Å². The van der Waals surface area contributed by atoms with E-state index in [1.54, 1.807) is 36.3 Å². The van der Waals surface area contributed by atoms with Crippen molar-refractivity contribution in [1.82, 2.24) is 15.1 Å². The summed E-state index contributed by atoms with van der Waals surface area (Å²) in [5.74, 6) is -0.485. The molecule has 188 valence electrons. The van der Waals surface area contributed by atoms with Crippen LogP contribution in [0.25, 0.3) is 0 Å². The van der Waals surface area contributed by atoms with Crippen LogP contribution in [-0.4, -0.2) is 73.8 Å². The van der Waals surface area contributed by atoms with Gasteiger partial charge in [-0.3, -0.25) is 14.4 Å². The van der Waals surface area contributed by atoms with Crippen molar-refractivity contribution in [2.45, 2.75) is 26.3 Å². The molecule has 0 aliphatic carbocycles. The Kier molecular flexibility index (Phi) is 9.93. The second kappa shape index (κ2) is 13.1. The Bertz CT molecular complexity index is 986. The summed E-state index contributed by atoms with van der Waals surface area (Å²) in [5, 5.41) is 2.75. The number of nitrogens with one attached hydrogen (secondary N) is 1. The first kappa shape index (κ1) is 26.5. The molecule has 7 nitrogen and oxygen atoms in total. The molecule has 2 aromatic carbocycles. The number of benzene rings is 2. The van der Waals surface area contributed by atoms with Gasteiger partial charge >= 0.3 is 0 Å². The molecule has 0 spiro atoms. The van der Waals surface area contributed by atoms with Gasteiger partial charge in [-0.25, -0.2) is 4.39 Å². The van der Waals surface area contributed by atoms with Crippen molar-refractivity contribution in [2.75, 3.05) is 46.4 Å². The topological polar surface area (TPSA) is 79.0 Å². The average Bonchev–Trinajstić information content (AvgIpc) is 2.88. The van der Waals surface area contributed by atoms with E-state index in [-0.39, 0.29) is 29.3 Å². The highest BCUT2D eigenvalue weighted by Gasteiger charge is 2.26. The second-order valence-corrected chi connectivity index (χ2v) is 8.88. The first-order chi connectivity index (χ1) is 16.9. The quantitative estimate of drug-likeness (QED) is 0.497. The van der Waals surface area contributed by atoms with Gasteiger partial charge in [-0.1, -0.05) is 12.1 Å². The van der Waals surface area contributed by atoms with Gasteiger partial charge in [0.25, 0.3) is 5.91 Å². The summed E-state index contributed by atoms with van der Waals surface area (Å²) >= 11 is 0. The number of halogens is 1. The summed E-state index contributed by atoms with van der Waals surface area (Å²) in [4.78, 5) is 41.0. The fraction of sp³-hybridized carbons (Fsp3) is 0.444. The smallest absolute Gasteiger partial charge is 0.253 e. The van der Waals surface area contributed by atoms with E-state index >= 15 is 0 Å². The van der Waals surface area contributed by atoms with Crippen molar-refractivity contribution >= 4 is 17.6 Å². The lowest BCUT2D eigenvalue weighted by molar-refractivity contribution is -0.119. The molecular formula is C27H34FN3O4. The number of Topliss-reactive ketones (excluding diaryl/α,β-unsaturated/α-hetero) is 1. The van der Waals surface area contributed by atoms with Crippen LogP contribution in [0.3, 0.4) is 0 Å². The first-order valence-electron chi connectivity index (χ1n) is 12.0. The molecule has 1 N–H and O–H groups in total. The average molecular weight is 484 g/mol. The molecule has 0 radical (unpaired) electrons. The van der Waals surface area contributed by atoms with Crippen LogP contribution in [0.5, 0.6) is 0 Å². The number of carbonyl (C=O) groups excluding carboxylic acids is 3. The van der Waals surface area contributed by atoms with E-state index < -0.39 is 0 Å². The van der Waals surface area contributed by atoms with Gasteiger partial charge in [0, 0.05) is 57.3 Å². The van der Waals surface area contributed by atoms with E-state index in [0.29, 0.717) is 43.9 Å². The van der Waals surface area contributed by atoms with Gasteiger partial charge in [-0.15, -0.1) is 0 Å². The molecule has 2 aromatic rings. The molecule has 0 aromatic heterocycles. The number of amides is 2. The number of ketones is 1. The van der Waals surface area contributed by atoms with Crippen LogP contribution in [0.1, 0.15) is 46.0 Å². The number of methoxy groups -OCH3 is 1. The molecule has 2 amide bonds. The second-order valence-electron chi connectivity index (χ2n) is 8.88. The third-order valence-corrected chi connectivity index (χ3v) is 6.37. The van der Waals surface area contributed by atoms with Gasteiger partial charge in [0.2, 0.25) is 5.91 Å². The maximum absolute atomic E-state index is 13.1. The number of hydrogen-bond donors (Lipinski definition) is 1. The normalized spacial score (nSPS) is 14.5. The molecule has 3 rings (SSSR count). The van der Waals surface area contributed by atoms with Crippen molar-refractivity contribution in [3.63, 3.8) is 0 Å². The van der Waals surface area contributed by atoms with Gasteiger partial charge in [0.05, 0.1) is 6.61 Å². The number of nitrogens with zero attached hydrogens (tertiary/aromatic N) is 2. The third kappa shape index (κ3) is 7.97. The monoisotopic (exact) mass is 483 g/mol. The molecule has 0 unspecified atom stereocenters. The minimum absolute atomic E-state index is 0.0565. The highest BCUT2D eigenvalue weighted by Crippen LogP contribution is 2.22. The van der Waals surface area contributed by atoms with Crippen molar-refractivity contribution in [1.29, 1.82) is 0 Å². The van der Waals surface area contributed by atoms with Crippen LogP contribution in [0, 0.1) is 11.7 Å². The predicted octanol–water partition coefficient (Wildman–Crippen LogP) is 3.15. The number of carbonyl (C=O) groups is 3. The van der Waals surface area contributed by atoms with Gasteiger partial charge < -0.3 is 19.9 Å². The van der Waals surface area contributed by atoms with Crippen molar-refractivity contribution in [3.05, 3.63) is 71.0 Å². The Morgan fingerprint density at radius 3 is 2.23 bits per heavy atom. The number of ether oxygens (including phenoxy) is 1. The van der Waals surface area contributed by atoms with Crippen LogP contribution >= 0.6 is 0 Å². The number of likely N-dealkylation sites (tertiary alicyclic amines) is 1. The maximum Gasteiger partial charge on any atom is 0.253 e.